The zero-order valence-corrected chi connectivity index (χ0v) is 16.1. The first-order valence-corrected chi connectivity index (χ1v) is 8.36. The van der Waals surface area contributed by atoms with Gasteiger partial charge in [-0.1, -0.05) is 23.7 Å². The Hall–Kier alpha value is -3.94. The summed E-state index contributed by atoms with van der Waals surface area (Å²) in [5.74, 6) is 16.2. The monoisotopic (exact) mass is 370 g/mol. The minimum absolute atomic E-state index is 0.309. The van der Waals surface area contributed by atoms with E-state index in [1.54, 1.807) is 50.2 Å². The molecule has 0 saturated heterocycles. The van der Waals surface area contributed by atoms with Crippen LogP contribution in [0.2, 0.25) is 0 Å². The maximum atomic E-state index is 12.1. The maximum Gasteiger partial charge on any atom is 0.339 e. The summed E-state index contributed by atoms with van der Waals surface area (Å²) >= 11 is 0. The number of esters is 2. The third-order valence-electron chi connectivity index (χ3n) is 3.72. The van der Waals surface area contributed by atoms with Gasteiger partial charge >= 0.3 is 11.9 Å². The van der Waals surface area contributed by atoms with Gasteiger partial charge in [0.1, 0.15) is 0 Å². The van der Waals surface area contributed by atoms with Crippen molar-refractivity contribution >= 4 is 11.9 Å². The second-order valence-corrected chi connectivity index (χ2v) is 5.50. The number of ether oxygens (including phenoxy) is 2. The summed E-state index contributed by atoms with van der Waals surface area (Å²) in [5.41, 5.74) is 2.94. The number of carbonyl (C=O) groups excluding carboxylic acids is 2. The average Bonchev–Trinajstić information content (AvgIpc) is 2.72. The molecule has 0 aliphatic heterocycles. The smallest absolute Gasteiger partial charge is 0.339 e. The fraction of sp³-hybridized carbons (Fsp3) is 0.167. The fourth-order valence-corrected chi connectivity index (χ4v) is 2.44. The highest BCUT2D eigenvalue weighted by atomic mass is 16.5. The molecule has 2 rings (SSSR count). The summed E-state index contributed by atoms with van der Waals surface area (Å²) < 4.78 is 9.68. The molecule has 0 aromatic heterocycles. The van der Waals surface area contributed by atoms with E-state index >= 15 is 0 Å². The highest BCUT2D eigenvalue weighted by Gasteiger charge is 2.13. The molecule has 0 N–H and O–H groups in total. The summed E-state index contributed by atoms with van der Waals surface area (Å²) in [6, 6.07) is 10.2. The van der Waals surface area contributed by atoms with Gasteiger partial charge in [0.25, 0.3) is 0 Å². The van der Waals surface area contributed by atoms with Crippen LogP contribution in [0.5, 0.6) is 0 Å². The molecule has 0 atom stereocenters. The predicted octanol–water partition coefficient (Wildman–Crippen LogP) is 3.40. The highest BCUT2D eigenvalue weighted by Crippen LogP contribution is 2.15. The van der Waals surface area contributed by atoms with Crippen LogP contribution in [0.3, 0.4) is 0 Å². The Morgan fingerprint density at radius 3 is 1.39 bits per heavy atom. The van der Waals surface area contributed by atoms with E-state index in [0.29, 0.717) is 33.4 Å². The molecule has 0 aliphatic carbocycles. The lowest BCUT2D eigenvalue weighted by Gasteiger charge is -2.05. The molecule has 0 amide bonds. The zero-order chi connectivity index (χ0) is 20.5. The second-order valence-electron chi connectivity index (χ2n) is 5.50. The van der Waals surface area contributed by atoms with Crippen LogP contribution in [0.15, 0.2) is 36.4 Å². The number of hydrogen-bond donors (Lipinski definition) is 0. The second kappa shape index (κ2) is 9.67. The molecule has 4 nitrogen and oxygen atoms in total. The molecule has 0 fully saturated rings. The molecular formula is C24H18O4. The molecule has 138 valence electrons. The van der Waals surface area contributed by atoms with E-state index in [1.165, 1.54) is 14.2 Å². The molecule has 28 heavy (non-hydrogen) atoms. The van der Waals surface area contributed by atoms with Crippen molar-refractivity contribution in [1.82, 2.24) is 0 Å². The summed E-state index contributed by atoms with van der Waals surface area (Å²) in [5, 5.41) is 0. The van der Waals surface area contributed by atoms with Crippen molar-refractivity contribution in [3.8, 4) is 35.5 Å². The number of carbonyl (C=O) groups is 2. The Labute approximate surface area is 164 Å². The van der Waals surface area contributed by atoms with E-state index < -0.39 is 11.9 Å². The van der Waals surface area contributed by atoms with Gasteiger partial charge in [-0.2, -0.15) is 0 Å². The Bertz CT molecular complexity index is 1020. The minimum atomic E-state index is -0.509. The van der Waals surface area contributed by atoms with Crippen LogP contribution in [0.4, 0.5) is 0 Å². The quantitative estimate of drug-likeness (QED) is 0.601. The number of hydrogen-bond acceptors (Lipinski definition) is 4. The van der Waals surface area contributed by atoms with Crippen LogP contribution in [0.1, 0.15) is 56.8 Å². The zero-order valence-electron chi connectivity index (χ0n) is 16.1. The summed E-state index contributed by atoms with van der Waals surface area (Å²) in [4.78, 5) is 24.2. The molecule has 4 heteroatoms. The Morgan fingerprint density at radius 1 is 0.679 bits per heavy atom. The van der Waals surface area contributed by atoms with Crippen molar-refractivity contribution in [2.24, 2.45) is 0 Å². The van der Waals surface area contributed by atoms with E-state index in [1.807, 2.05) is 0 Å². The molecule has 0 unspecified atom stereocenters. The standard InChI is InChI=1S/C24H18O4/c1-5-7-17-9-11-19(21(15-17)23(25)27-3)13-14-20-12-10-18(8-6-2)16-22(20)24(26)28-4/h9-12,15-16H,1-4H3. The Balaban J connectivity index is 2.58. The average molecular weight is 370 g/mol. The van der Waals surface area contributed by atoms with Gasteiger partial charge < -0.3 is 9.47 Å². The molecule has 0 saturated carbocycles. The van der Waals surface area contributed by atoms with Gasteiger partial charge in [-0.05, 0) is 50.2 Å². The third kappa shape index (κ3) is 4.82. The van der Waals surface area contributed by atoms with Gasteiger partial charge in [0.2, 0.25) is 0 Å². The van der Waals surface area contributed by atoms with Crippen LogP contribution < -0.4 is 0 Å². The topological polar surface area (TPSA) is 52.6 Å². The van der Waals surface area contributed by atoms with E-state index in [-0.39, 0.29) is 0 Å². The van der Waals surface area contributed by atoms with Gasteiger partial charge in [0.05, 0.1) is 25.3 Å². The van der Waals surface area contributed by atoms with Crippen LogP contribution in [-0.2, 0) is 9.47 Å². The fourth-order valence-electron chi connectivity index (χ4n) is 2.44. The van der Waals surface area contributed by atoms with Crippen LogP contribution in [0.25, 0.3) is 0 Å². The van der Waals surface area contributed by atoms with Crippen molar-refractivity contribution < 1.29 is 19.1 Å². The van der Waals surface area contributed by atoms with Crippen LogP contribution in [0, 0.1) is 35.5 Å². The van der Waals surface area contributed by atoms with Crippen molar-refractivity contribution in [1.29, 1.82) is 0 Å². The lowest BCUT2D eigenvalue weighted by Crippen LogP contribution is -2.06. The van der Waals surface area contributed by atoms with Gasteiger partial charge in [-0.3, -0.25) is 0 Å². The molecule has 0 aliphatic rings. The van der Waals surface area contributed by atoms with E-state index in [4.69, 9.17) is 9.47 Å². The molecule has 2 aromatic carbocycles. The predicted molar refractivity (Wildman–Crippen MR) is 107 cm³/mol. The summed E-state index contributed by atoms with van der Waals surface area (Å²) in [7, 11) is 2.61. The largest absolute Gasteiger partial charge is 0.465 e. The maximum absolute atomic E-state index is 12.1. The third-order valence-corrected chi connectivity index (χ3v) is 3.72. The van der Waals surface area contributed by atoms with Crippen molar-refractivity contribution in [3.63, 3.8) is 0 Å². The molecule has 2 aromatic rings. The van der Waals surface area contributed by atoms with Crippen LogP contribution >= 0.6 is 0 Å². The van der Waals surface area contributed by atoms with Crippen LogP contribution in [-0.4, -0.2) is 26.2 Å². The Morgan fingerprint density at radius 2 is 1.07 bits per heavy atom. The Kier molecular flexibility index (Phi) is 7.04. The molecule has 0 heterocycles. The van der Waals surface area contributed by atoms with Gasteiger partial charge in [0, 0.05) is 22.3 Å². The van der Waals surface area contributed by atoms with Crippen molar-refractivity contribution in [2.75, 3.05) is 14.2 Å². The lowest BCUT2D eigenvalue weighted by molar-refractivity contribution is 0.0591. The van der Waals surface area contributed by atoms with E-state index in [9.17, 15) is 9.59 Å². The molecular weight excluding hydrogens is 352 g/mol. The molecule has 0 spiro atoms. The van der Waals surface area contributed by atoms with Gasteiger partial charge in [-0.25, -0.2) is 9.59 Å². The molecule has 0 bridgehead atoms. The van der Waals surface area contributed by atoms with Gasteiger partial charge in [0.15, 0.2) is 0 Å². The summed E-state index contributed by atoms with van der Waals surface area (Å²) in [6.07, 6.45) is 0. The van der Waals surface area contributed by atoms with E-state index in [2.05, 4.69) is 35.5 Å². The number of benzene rings is 2. The molecule has 0 radical (unpaired) electrons. The number of methoxy groups -OCH3 is 2. The normalized spacial score (nSPS) is 8.86. The number of rotatable bonds is 2. The SMILES string of the molecule is CC#Cc1ccc(C#Cc2ccc(C#CC)cc2C(=O)OC)c(C(=O)OC)c1. The highest BCUT2D eigenvalue weighted by molar-refractivity contribution is 5.94. The summed E-state index contributed by atoms with van der Waals surface area (Å²) in [6.45, 7) is 3.43. The first-order valence-electron chi connectivity index (χ1n) is 8.36. The first kappa shape index (κ1) is 20.4. The van der Waals surface area contributed by atoms with Crippen molar-refractivity contribution in [2.45, 2.75) is 13.8 Å². The minimum Gasteiger partial charge on any atom is -0.465 e. The first-order chi connectivity index (χ1) is 13.5. The van der Waals surface area contributed by atoms with Gasteiger partial charge in [-0.15, -0.1) is 11.8 Å². The van der Waals surface area contributed by atoms with Crippen molar-refractivity contribution in [3.05, 3.63) is 69.8 Å². The van der Waals surface area contributed by atoms with E-state index in [0.717, 1.165) is 0 Å². The lowest BCUT2D eigenvalue weighted by atomic mass is 10.0.